The van der Waals surface area contributed by atoms with E-state index in [2.05, 4.69) is 10.3 Å². The van der Waals surface area contributed by atoms with Gasteiger partial charge >= 0.3 is 0 Å². The van der Waals surface area contributed by atoms with E-state index < -0.39 is 0 Å². The molecule has 0 atom stereocenters. The van der Waals surface area contributed by atoms with Crippen LogP contribution in [0.2, 0.25) is 0 Å². The van der Waals surface area contributed by atoms with Gasteiger partial charge < -0.3 is 19.7 Å². The van der Waals surface area contributed by atoms with Crippen molar-refractivity contribution in [3.05, 3.63) is 54.7 Å². The number of fused-ring (bicyclic) bond motifs is 1. The molecule has 3 rings (SSSR count). The lowest BCUT2D eigenvalue weighted by atomic mass is 10.2. The van der Waals surface area contributed by atoms with Gasteiger partial charge in [0.2, 0.25) is 11.8 Å². The van der Waals surface area contributed by atoms with Crippen molar-refractivity contribution < 1.29 is 19.1 Å². The first kappa shape index (κ1) is 20.1. The lowest BCUT2D eigenvalue weighted by molar-refractivity contribution is -0.117. The highest BCUT2D eigenvalue weighted by atomic mass is 16.5. The Labute approximate surface area is 169 Å². The molecule has 0 spiro atoms. The molecule has 0 saturated carbocycles. The van der Waals surface area contributed by atoms with Crippen LogP contribution in [0, 0.1) is 0 Å². The van der Waals surface area contributed by atoms with Gasteiger partial charge in [-0.1, -0.05) is 18.2 Å². The maximum atomic E-state index is 12.6. The predicted molar refractivity (Wildman–Crippen MR) is 113 cm³/mol. The quantitative estimate of drug-likeness (QED) is 0.663. The number of anilines is 2. The summed E-state index contributed by atoms with van der Waals surface area (Å²) in [4.78, 5) is 30.6. The largest absolute Gasteiger partial charge is 0.497 e. The zero-order chi connectivity index (χ0) is 20.8. The number of nitrogens with zero attached hydrogens (tertiary/aromatic N) is 2. The number of nitrogens with one attached hydrogen (secondary N) is 1. The Morgan fingerprint density at radius 2 is 1.86 bits per heavy atom. The van der Waals surface area contributed by atoms with Gasteiger partial charge in [-0.05, 0) is 24.3 Å². The van der Waals surface area contributed by atoms with Crippen LogP contribution in [0.4, 0.5) is 11.4 Å². The van der Waals surface area contributed by atoms with Crippen LogP contribution in [0.25, 0.3) is 10.9 Å². The van der Waals surface area contributed by atoms with Gasteiger partial charge in [-0.2, -0.15) is 0 Å². The molecule has 150 valence electrons. The first-order chi connectivity index (χ1) is 14.0. The molecule has 29 heavy (non-hydrogen) atoms. The van der Waals surface area contributed by atoms with Crippen LogP contribution in [-0.4, -0.2) is 37.6 Å². The molecule has 0 fully saturated rings. The van der Waals surface area contributed by atoms with Crippen molar-refractivity contribution >= 4 is 34.1 Å². The number of rotatable bonds is 7. The molecule has 0 bridgehead atoms. The summed E-state index contributed by atoms with van der Waals surface area (Å²) in [7, 11) is 3.08. The molecule has 1 N–H and O–H groups in total. The first-order valence-corrected chi connectivity index (χ1v) is 9.17. The van der Waals surface area contributed by atoms with Gasteiger partial charge in [0.25, 0.3) is 0 Å². The molecule has 2 aromatic carbocycles. The minimum atomic E-state index is -0.212. The second-order valence-electron chi connectivity index (χ2n) is 6.39. The maximum Gasteiger partial charge on any atom is 0.226 e. The van der Waals surface area contributed by atoms with Crippen LogP contribution >= 0.6 is 0 Å². The van der Waals surface area contributed by atoms with E-state index in [0.717, 1.165) is 10.9 Å². The number of carbonyl (C=O) groups is 2. The fourth-order valence-electron chi connectivity index (χ4n) is 3.09. The zero-order valence-electron chi connectivity index (χ0n) is 16.6. The number of ether oxygens (including phenoxy) is 2. The summed E-state index contributed by atoms with van der Waals surface area (Å²) < 4.78 is 10.6. The molecule has 0 radical (unpaired) electrons. The van der Waals surface area contributed by atoms with E-state index >= 15 is 0 Å². The summed E-state index contributed by atoms with van der Waals surface area (Å²) in [5, 5.41) is 3.83. The SMILES string of the molecule is COc1ccc(OC)c(N(CCC(=O)Nc2cccc3cccnc23)C(C)=O)c1. The molecular weight excluding hydrogens is 370 g/mol. The number of methoxy groups -OCH3 is 2. The number of pyridine rings is 1. The van der Waals surface area contributed by atoms with E-state index in [1.165, 1.54) is 18.9 Å². The molecule has 7 heteroatoms. The lowest BCUT2D eigenvalue weighted by Gasteiger charge is -2.23. The summed E-state index contributed by atoms with van der Waals surface area (Å²) in [6.45, 7) is 1.65. The standard InChI is InChI=1S/C22H23N3O4/c1-15(26)25(19-14-17(28-2)9-10-20(19)29-3)13-11-21(27)24-18-8-4-6-16-7-5-12-23-22(16)18/h4-10,12,14H,11,13H2,1-3H3,(H,24,27). The monoisotopic (exact) mass is 393 g/mol. The Bertz CT molecular complexity index is 1030. The minimum Gasteiger partial charge on any atom is -0.497 e. The van der Waals surface area contributed by atoms with Gasteiger partial charge in [0, 0.05) is 37.5 Å². The van der Waals surface area contributed by atoms with Crippen molar-refractivity contribution in [3.63, 3.8) is 0 Å². The van der Waals surface area contributed by atoms with Gasteiger partial charge in [-0.25, -0.2) is 0 Å². The van der Waals surface area contributed by atoms with Crippen LogP contribution in [-0.2, 0) is 9.59 Å². The van der Waals surface area contributed by atoms with Gasteiger partial charge in [-0.15, -0.1) is 0 Å². The number of aromatic nitrogens is 1. The van der Waals surface area contributed by atoms with Crippen LogP contribution in [0.1, 0.15) is 13.3 Å². The highest BCUT2D eigenvalue weighted by Crippen LogP contribution is 2.32. The normalized spacial score (nSPS) is 10.4. The molecule has 7 nitrogen and oxygen atoms in total. The number of hydrogen-bond acceptors (Lipinski definition) is 5. The van der Waals surface area contributed by atoms with E-state index in [0.29, 0.717) is 22.9 Å². The molecule has 2 amide bonds. The van der Waals surface area contributed by atoms with Crippen LogP contribution in [0.15, 0.2) is 54.7 Å². The van der Waals surface area contributed by atoms with Gasteiger partial charge in [0.05, 0.1) is 31.1 Å². The van der Waals surface area contributed by atoms with Crippen molar-refractivity contribution in [3.8, 4) is 11.5 Å². The summed E-state index contributed by atoms with van der Waals surface area (Å²) in [6.07, 6.45) is 1.80. The van der Waals surface area contributed by atoms with Crippen LogP contribution < -0.4 is 19.7 Å². The Morgan fingerprint density at radius 1 is 1.07 bits per heavy atom. The topological polar surface area (TPSA) is 80.8 Å². The smallest absolute Gasteiger partial charge is 0.226 e. The summed E-state index contributed by atoms with van der Waals surface area (Å²) in [5.74, 6) is 0.713. The summed E-state index contributed by atoms with van der Waals surface area (Å²) in [6, 6.07) is 14.6. The molecular formula is C22H23N3O4. The molecule has 0 unspecified atom stereocenters. The highest BCUT2D eigenvalue weighted by molar-refractivity contribution is 6.01. The third-order valence-corrected chi connectivity index (χ3v) is 4.53. The van der Waals surface area contributed by atoms with Gasteiger partial charge in [-0.3, -0.25) is 14.6 Å². The number of hydrogen-bond donors (Lipinski definition) is 1. The highest BCUT2D eigenvalue weighted by Gasteiger charge is 2.19. The fraction of sp³-hybridized carbons (Fsp3) is 0.227. The Balaban J connectivity index is 1.76. The summed E-state index contributed by atoms with van der Waals surface area (Å²) in [5.41, 5.74) is 1.92. The molecule has 1 aromatic heterocycles. The second kappa shape index (κ2) is 9.05. The van der Waals surface area contributed by atoms with Crippen molar-refractivity contribution in [2.24, 2.45) is 0 Å². The Kier molecular flexibility index (Phi) is 6.29. The summed E-state index contributed by atoms with van der Waals surface area (Å²) >= 11 is 0. The van der Waals surface area contributed by atoms with Crippen molar-refractivity contribution in [1.82, 2.24) is 4.98 Å². The number of amides is 2. The van der Waals surface area contributed by atoms with E-state index in [1.807, 2.05) is 24.3 Å². The van der Waals surface area contributed by atoms with Crippen molar-refractivity contribution in [2.75, 3.05) is 31.0 Å². The van der Waals surface area contributed by atoms with E-state index in [9.17, 15) is 9.59 Å². The van der Waals surface area contributed by atoms with Crippen molar-refractivity contribution in [2.45, 2.75) is 13.3 Å². The molecule has 1 heterocycles. The van der Waals surface area contributed by atoms with E-state index in [-0.39, 0.29) is 24.8 Å². The number of benzene rings is 2. The van der Waals surface area contributed by atoms with Crippen LogP contribution in [0.5, 0.6) is 11.5 Å². The Hall–Kier alpha value is -3.61. The van der Waals surface area contributed by atoms with Gasteiger partial charge in [0.15, 0.2) is 0 Å². The molecule has 0 saturated heterocycles. The molecule has 0 aliphatic carbocycles. The minimum absolute atomic E-state index is 0.114. The average molecular weight is 393 g/mol. The first-order valence-electron chi connectivity index (χ1n) is 9.17. The van der Waals surface area contributed by atoms with E-state index in [4.69, 9.17) is 9.47 Å². The van der Waals surface area contributed by atoms with Gasteiger partial charge in [0.1, 0.15) is 11.5 Å². The maximum absolute atomic E-state index is 12.6. The third kappa shape index (κ3) is 4.63. The van der Waals surface area contributed by atoms with Crippen LogP contribution in [0.3, 0.4) is 0 Å². The predicted octanol–water partition coefficient (Wildman–Crippen LogP) is 3.63. The fourth-order valence-corrected chi connectivity index (χ4v) is 3.09. The number of para-hydroxylation sites is 1. The average Bonchev–Trinajstić information content (AvgIpc) is 2.73. The van der Waals surface area contributed by atoms with Crippen molar-refractivity contribution in [1.29, 1.82) is 0 Å². The molecule has 0 aliphatic rings. The lowest BCUT2D eigenvalue weighted by Crippen LogP contribution is -2.32. The Morgan fingerprint density at radius 3 is 2.59 bits per heavy atom. The molecule has 3 aromatic rings. The number of carbonyl (C=O) groups excluding carboxylic acids is 2. The van der Waals surface area contributed by atoms with E-state index in [1.54, 1.807) is 37.6 Å². The second-order valence-corrected chi connectivity index (χ2v) is 6.39. The third-order valence-electron chi connectivity index (χ3n) is 4.53. The zero-order valence-corrected chi connectivity index (χ0v) is 16.6. The molecule has 0 aliphatic heterocycles.